The molecule has 5 nitrogen and oxygen atoms in total. The number of unbranched alkanes of at least 4 members (excludes halogenated alkanes) is 1. The highest BCUT2D eigenvalue weighted by atomic mass is 32.1. The van der Waals surface area contributed by atoms with Crippen LogP contribution in [-0.2, 0) is 0 Å². The summed E-state index contributed by atoms with van der Waals surface area (Å²) < 4.78 is 5.61. The molecule has 0 fully saturated rings. The van der Waals surface area contributed by atoms with Gasteiger partial charge in [0.15, 0.2) is 5.11 Å². The molecule has 3 N–H and O–H groups in total. The van der Waals surface area contributed by atoms with Crippen molar-refractivity contribution < 1.29 is 14.6 Å². The first-order valence-electron chi connectivity index (χ1n) is 8.14. The number of amides is 1. The normalized spacial score (nSPS) is 10.2. The quantitative estimate of drug-likeness (QED) is 0.413. The van der Waals surface area contributed by atoms with Crippen molar-refractivity contribution in [3.05, 3.63) is 53.6 Å². The van der Waals surface area contributed by atoms with Crippen LogP contribution < -0.4 is 15.4 Å². The molecule has 132 valence electrons. The number of benzene rings is 2. The Hall–Kier alpha value is -2.60. The monoisotopic (exact) mass is 358 g/mol. The van der Waals surface area contributed by atoms with E-state index in [4.69, 9.17) is 17.0 Å². The maximum absolute atomic E-state index is 12.3. The van der Waals surface area contributed by atoms with Crippen LogP contribution in [0.1, 0.15) is 35.7 Å². The Bertz CT molecular complexity index is 762. The molecule has 0 aliphatic rings. The zero-order valence-electron chi connectivity index (χ0n) is 14.3. The van der Waals surface area contributed by atoms with Crippen LogP contribution in [0.15, 0.2) is 42.5 Å². The van der Waals surface area contributed by atoms with E-state index in [2.05, 4.69) is 17.6 Å². The van der Waals surface area contributed by atoms with E-state index < -0.39 is 0 Å². The number of nitrogens with one attached hydrogen (secondary N) is 2. The Labute approximate surface area is 153 Å². The summed E-state index contributed by atoms with van der Waals surface area (Å²) in [7, 11) is 0. The summed E-state index contributed by atoms with van der Waals surface area (Å²) in [5.74, 6) is 0.371. The Kier molecular flexibility index (Phi) is 6.77. The van der Waals surface area contributed by atoms with Crippen LogP contribution in [0.5, 0.6) is 11.5 Å². The molecule has 2 aromatic rings. The number of hydrogen-bond donors (Lipinski definition) is 3. The number of phenols is 1. The van der Waals surface area contributed by atoms with Crippen molar-refractivity contribution >= 4 is 28.9 Å². The molecule has 0 unspecified atom stereocenters. The SMILES string of the molecule is CCCCOc1cccc(C(=O)NC(=S)Nc2cc(C)ccc2O)c1. The number of rotatable bonds is 6. The molecule has 0 atom stereocenters. The van der Waals surface area contributed by atoms with Crippen LogP contribution in [0, 0.1) is 6.92 Å². The molecule has 25 heavy (non-hydrogen) atoms. The standard InChI is InChI=1S/C19H22N2O3S/c1-3-4-10-24-15-7-5-6-14(12-15)18(23)21-19(25)20-16-11-13(2)8-9-17(16)22/h5-9,11-12,22H,3-4,10H2,1-2H3,(H2,20,21,23,25). The molecule has 0 saturated heterocycles. The van der Waals surface area contributed by atoms with Crippen molar-refractivity contribution in [3.63, 3.8) is 0 Å². The van der Waals surface area contributed by atoms with Crippen LogP contribution in [0.25, 0.3) is 0 Å². The molecule has 0 aliphatic heterocycles. The van der Waals surface area contributed by atoms with Gasteiger partial charge in [0.1, 0.15) is 11.5 Å². The summed E-state index contributed by atoms with van der Waals surface area (Å²) >= 11 is 5.15. The molecule has 0 spiro atoms. The minimum atomic E-state index is -0.342. The summed E-state index contributed by atoms with van der Waals surface area (Å²) in [6.45, 7) is 4.61. The third-order valence-corrected chi connectivity index (χ3v) is 3.69. The molecule has 2 rings (SSSR count). The average molecular weight is 358 g/mol. The third kappa shape index (κ3) is 5.76. The predicted molar refractivity (Wildman–Crippen MR) is 103 cm³/mol. The molecule has 0 saturated carbocycles. The minimum absolute atomic E-state index is 0.0634. The van der Waals surface area contributed by atoms with E-state index >= 15 is 0 Å². The van der Waals surface area contributed by atoms with E-state index in [1.807, 2.05) is 13.0 Å². The summed E-state index contributed by atoms with van der Waals surface area (Å²) in [4.78, 5) is 12.3. The van der Waals surface area contributed by atoms with Gasteiger partial charge in [-0.05, 0) is 61.5 Å². The fourth-order valence-electron chi connectivity index (χ4n) is 2.14. The smallest absolute Gasteiger partial charge is 0.257 e. The first kappa shape index (κ1) is 18.7. The maximum atomic E-state index is 12.3. The summed E-state index contributed by atoms with van der Waals surface area (Å²) in [5, 5.41) is 15.4. The largest absolute Gasteiger partial charge is 0.506 e. The van der Waals surface area contributed by atoms with E-state index in [9.17, 15) is 9.90 Å². The summed E-state index contributed by atoms with van der Waals surface area (Å²) in [6.07, 6.45) is 2.01. The lowest BCUT2D eigenvalue weighted by Crippen LogP contribution is -2.34. The fraction of sp³-hybridized carbons (Fsp3) is 0.263. The first-order chi connectivity index (χ1) is 12.0. The fourth-order valence-corrected chi connectivity index (χ4v) is 2.34. The Balaban J connectivity index is 1.98. The van der Waals surface area contributed by atoms with Crippen LogP contribution >= 0.6 is 12.2 Å². The lowest BCUT2D eigenvalue weighted by Gasteiger charge is -2.12. The number of thiocarbonyl (C=S) groups is 1. The summed E-state index contributed by atoms with van der Waals surface area (Å²) in [5.41, 5.74) is 1.86. The van der Waals surface area contributed by atoms with Crippen molar-refractivity contribution in [2.45, 2.75) is 26.7 Å². The molecular formula is C19H22N2O3S. The van der Waals surface area contributed by atoms with Crippen molar-refractivity contribution in [2.24, 2.45) is 0 Å². The molecule has 0 bridgehead atoms. The van der Waals surface area contributed by atoms with Crippen molar-refractivity contribution in [2.75, 3.05) is 11.9 Å². The highest BCUT2D eigenvalue weighted by Gasteiger charge is 2.10. The predicted octanol–water partition coefficient (Wildman–Crippen LogP) is 4.01. The highest BCUT2D eigenvalue weighted by molar-refractivity contribution is 7.80. The van der Waals surface area contributed by atoms with Crippen molar-refractivity contribution in [1.82, 2.24) is 5.32 Å². The Morgan fingerprint density at radius 3 is 2.80 bits per heavy atom. The molecular weight excluding hydrogens is 336 g/mol. The van der Waals surface area contributed by atoms with E-state index in [0.717, 1.165) is 18.4 Å². The second-order valence-corrected chi connectivity index (χ2v) is 6.07. The van der Waals surface area contributed by atoms with Gasteiger partial charge in [-0.15, -0.1) is 0 Å². The maximum Gasteiger partial charge on any atom is 0.257 e. The first-order valence-corrected chi connectivity index (χ1v) is 8.55. The lowest BCUT2D eigenvalue weighted by atomic mass is 10.2. The van der Waals surface area contributed by atoms with Crippen LogP contribution in [0.4, 0.5) is 5.69 Å². The van der Waals surface area contributed by atoms with Gasteiger partial charge in [-0.3, -0.25) is 10.1 Å². The van der Waals surface area contributed by atoms with E-state index in [0.29, 0.717) is 23.6 Å². The minimum Gasteiger partial charge on any atom is -0.506 e. The molecule has 1 amide bonds. The van der Waals surface area contributed by atoms with Crippen LogP contribution in [-0.4, -0.2) is 22.7 Å². The summed E-state index contributed by atoms with van der Waals surface area (Å²) in [6, 6.07) is 12.0. The molecule has 0 aliphatic carbocycles. The van der Waals surface area contributed by atoms with Gasteiger partial charge in [-0.1, -0.05) is 25.5 Å². The number of aromatic hydroxyl groups is 1. The van der Waals surface area contributed by atoms with Crippen molar-refractivity contribution in [1.29, 1.82) is 0 Å². The third-order valence-electron chi connectivity index (χ3n) is 3.49. The number of carbonyl (C=O) groups is 1. The second kappa shape index (κ2) is 9.03. The van der Waals surface area contributed by atoms with Gasteiger partial charge < -0.3 is 15.2 Å². The van der Waals surface area contributed by atoms with Crippen molar-refractivity contribution in [3.8, 4) is 11.5 Å². The van der Waals surface area contributed by atoms with Gasteiger partial charge in [0.05, 0.1) is 12.3 Å². The average Bonchev–Trinajstić information content (AvgIpc) is 2.58. The van der Waals surface area contributed by atoms with Gasteiger partial charge >= 0.3 is 0 Å². The number of anilines is 1. The van der Waals surface area contributed by atoms with E-state index in [1.165, 1.54) is 0 Å². The topological polar surface area (TPSA) is 70.6 Å². The number of hydrogen-bond acceptors (Lipinski definition) is 4. The molecule has 2 aromatic carbocycles. The number of phenolic OH excluding ortho intramolecular Hbond substituents is 1. The number of ether oxygens (including phenoxy) is 1. The highest BCUT2D eigenvalue weighted by Crippen LogP contribution is 2.23. The van der Waals surface area contributed by atoms with Crippen LogP contribution in [0.3, 0.4) is 0 Å². The van der Waals surface area contributed by atoms with Gasteiger partial charge in [-0.25, -0.2) is 0 Å². The van der Waals surface area contributed by atoms with E-state index in [1.54, 1.807) is 36.4 Å². The zero-order chi connectivity index (χ0) is 18.2. The molecule has 0 heterocycles. The van der Waals surface area contributed by atoms with Gasteiger partial charge in [0.25, 0.3) is 5.91 Å². The van der Waals surface area contributed by atoms with Crippen LogP contribution in [0.2, 0.25) is 0 Å². The molecule has 0 aromatic heterocycles. The Morgan fingerprint density at radius 1 is 1.24 bits per heavy atom. The van der Waals surface area contributed by atoms with Gasteiger partial charge in [0.2, 0.25) is 0 Å². The Morgan fingerprint density at radius 2 is 2.04 bits per heavy atom. The zero-order valence-corrected chi connectivity index (χ0v) is 15.2. The van der Waals surface area contributed by atoms with Gasteiger partial charge in [-0.2, -0.15) is 0 Å². The second-order valence-electron chi connectivity index (χ2n) is 5.66. The lowest BCUT2D eigenvalue weighted by molar-refractivity contribution is 0.0977. The number of aryl methyl sites for hydroxylation is 1. The molecule has 0 radical (unpaired) electrons. The van der Waals surface area contributed by atoms with Gasteiger partial charge in [0, 0.05) is 5.56 Å². The van der Waals surface area contributed by atoms with E-state index in [-0.39, 0.29) is 16.8 Å². The molecule has 6 heteroatoms. The number of carbonyl (C=O) groups excluding carboxylic acids is 1.